The third-order valence-electron chi connectivity index (χ3n) is 2.53. The average Bonchev–Trinajstić information content (AvgIpc) is 2.47. The Balaban J connectivity index is 2.32. The smallest absolute Gasteiger partial charge is 0.299 e. The van der Waals surface area contributed by atoms with Crippen LogP contribution in [0.1, 0.15) is 10.4 Å². The van der Waals surface area contributed by atoms with Crippen molar-refractivity contribution in [2.24, 2.45) is 0 Å². The van der Waals surface area contributed by atoms with Crippen LogP contribution in [0.25, 0.3) is 0 Å². The van der Waals surface area contributed by atoms with Crippen molar-refractivity contribution in [3.63, 3.8) is 0 Å². The van der Waals surface area contributed by atoms with Gasteiger partial charge in [0.2, 0.25) is 0 Å². The Bertz CT molecular complexity index is 455. The zero-order valence-corrected chi connectivity index (χ0v) is 8.13. The van der Waals surface area contributed by atoms with Gasteiger partial charge in [0.1, 0.15) is 0 Å². The van der Waals surface area contributed by atoms with Crippen LogP contribution in [0.5, 0.6) is 0 Å². The molecule has 1 aromatic rings. The largest absolute Gasteiger partial charge is 0.303 e. The van der Waals surface area contributed by atoms with Gasteiger partial charge in [-0.1, -0.05) is 6.07 Å². The molecule has 0 aliphatic carbocycles. The summed E-state index contributed by atoms with van der Waals surface area (Å²) in [6, 6.07) is 5.52. The van der Waals surface area contributed by atoms with Gasteiger partial charge in [0, 0.05) is 17.2 Å². The molecule has 3 rings (SSSR count). The van der Waals surface area contributed by atoms with Gasteiger partial charge in [-0.3, -0.25) is 9.59 Å². The molecular formula is C10H7NO2S. The minimum atomic E-state index is -0.368. The molecule has 4 heteroatoms. The van der Waals surface area contributed by atoms with Crippen molar-refractivity contribution in [2.75, 3.05) is 17.2 Å². The van der Waals surface area contributed by atoms with Crippen LogP contribution in [0.3, 0.4) is 0 Å². The molecule has 1 amide bonds. The standard InChI is InChI=1S/C10H7NO2S/c12-9-6-2-1-3-7-8(6)11(10(9)13)4-5-14-7/h1-3H,4-5H2. The summed E-state index contributed by atoms with van der Waals surface area (Å²) in [4.78, 5) is 25.7. The number of benzene rings is 1. The van der Waals surface area contributed by atoms with Gasteiger partial charge in [0.05, 0.1) is 11.3 Å². The molecule has 2 aliphatic heterocycles. The fourth-order valence-electron chi connectivity index (χ4n) is 1.90. The number of Topliss-reactive ketones (excluding diaryl/α,β-unsaturated/α-hetero) is 1. The van der Waals surface area contributed by atoms with Crippen molar-refractivity contribution in [3.05, 3.63) is 23.8 Å². The molecule has 0 N–H and O–H groups in total. The van der Waals surface area contributed by atoms with Gasteiger partial charge >= 0.3 is 0 Å². The molecule has 0 aromatic heterocycles. The highest BCUT2D eigenvalue weighted by molar-refractivity contribution is 7.99. The average molecular weight is 205 g/mol. The second-order valence-electron chi connectivity index (χ2n) is 3.29. The van der Waals surface area contributed by atoms with Crippen LogP contribution in [-0.4, -0.2) is 24.0 Å². The van der Waals surface area contributed by atoms with Crippen molar-refractivity contribution < 1.29 is 9.59 Å². The summed E-state index contributed by atoms with van der Waals surface area (Å²) in [7, 11) is 0. The van der Waals surface area contributed by atoms with E-state index in [1.54, 1.807) is 22.7 Å². The quantitative estimate of drug-likeness (QED) is 0.599. The van der Waals surface area contributed by atoms with Crippen LogP contribution >= 0.6 is 11.8 Å². The highest BCUT2D eigenvalue weighted by Gasteiger charge is 2.38. The van der Waals surface area contributed by atoms with Gasteiger partial charge < -0.3 is 4.90 Å². The first-order valence-corrected chi connectivity index (χ1v) is 5.39. The summed E-state index contributed by atoms with van der Waals surface area (Å²) in [5.41, 5.74) is 1.40. The number of amides is 1. The van der Waals surface area contributed by atoms with Crippen molar-refractivity contribution in [1.29, 1.82) is 0 Å². The molecule has 70 valence electrons. The van der Waals surface area contributed by atoms with E-state index in [1.807, 2.05) is 12.1 Å². The van der Waals surface area contributed by atoms with Crippen molar-refractivity contribution in [2.45, 2.75) is 4.90 Å². The summed E-state index contributed by atoms with van der Waals surface area (Å²) in [5, 5.41) is 0. The van der Waals surface area contributed by atoms with Crippen LogP contribution in [-0.2, 0) is 4.79 Å². The molecular weight excluding hydrogens is 198 g/mol. The normalized spacial score (nSPS) is 18.7. The number of thioether (sulfide) groups is 1. The Hall–Kier alpha value is -1.29. The summed E-state index contributed by atoms with van der Waals surface area (Å²) in [6.45, 7) is 0.652. The summed E-state index contributed by atoms with van der Waals surface area (Å²) >= 11 is 1.70. The number of carbonyl (C=O) groups excluding carboxylic acids is 2. The number of nitrogens with zero attached hydrogens (tertiary/aromatic N) is 1. The van der Waals surface area contributed by atoms with Gasteiger partial charge in [-0.25, -0.2) is 0 Å². The fourth-order valence-corrected chi connectivity index (χ4v) is 2.93. The zero-order chi connectivity index (χ0) is 9.71. The van der Waals surface area contributed by atoms with E-state index in [2.05, 4.69) is 0 Å². The minimum Gasteiger partial charge on any atom is -0.303 e. The molecule has 1 aromatic carbocycles. The molecule has 0 spiro atoms. The van der Waals surface area contributed by atoms with E-state index < -0.39 is 0 Å². The zero-order valence-electron chi connectivity index (χ0n) is 7.32. The number of hydrogen-bond donors (Lipinski definition) is 0. The predicted octanol–water partition coefficient (Wildman–Crippen LogP) is 1.32. The van der Waals surface area contributed by atoms with E-state index in [0.29, 0.717) is 12.1 Å². The van der Waals surface area contributed by atoms with Crippen molar-refractivity contribution in [1.82, 2.24) is 0 Å². The molecule has 0 bridgehead atoms. The van der Waals surface area contributed by atoms with Crippen molar-refractivity contribution in [3.8, 4) is 0 Å². The minimum absolute atomic E-state index is 0.357. The molecule has 2 aliphatic rings. The van der Waals surface area contributed by atoms with Gasteiger partial charge in [-0.2, -0.15) is 0 Å². The molecule has 2 heterocycles. The second-order valence-corrected chi connectivity index (χ2v) is 4.42. The Morgan fingerprint density at radius 2 is 2.14 bits per heavy atom. The SMILES string of the molecule is O=C1C(=O)N2CCSc3cccc1c32. The number of para-hydroxylation sites is 1. The Morgan fingerprint density at radius 1 is 1.29 bits per heavy atom. The highest BCUT2D eigenvalue weighted by atomic mass is 32.2. The summed E-state index contributed by atoms with van der Waals surface area (Å²) in [6.07, 6.45) is 0. The maximum absolute atomic E-state index is 11.5. The molecule has 0 saturated carbocycles. The van der Waals surface area contributed by atoms with E-state index in [-0.39, 0.29) is 11.7 Å². The van der Waals surface area contributed by atoms with Crippen LogP contribution in [0.4, 0.5) is 5.69 Å². The Labute approximate surface area is 85.1 Å². The predicted molar refractivity (Wildman–Crippen MR) is 53.8 cm³/mol. The van der Waals surface area contributed by atoms with Gasteiger partial charge in [0.15, 0.2) is 0 Å². The third-order valence-corrected chi connectivity index (χ3v) is 3.55. The lowest BCUT2D eigenvalue weighted by Gasteiger charge is -2.23. The number of carbonyl (C=O) groups is 2. The van der Waals surface area contributed by atoms with Crippen molar-refractivity contribution >= 4 is 29.1 Å². The topological polar surface area (TPSA) is 37.4 Å². The van der Waals surface area contributed by atoms with E-state index >= 15 is 0 Å². The van der Waals surface area contributed by atoms with Gasteiger partial charge in [-0.05, 0) is 12.1 Å². The molecule has 3 nitrogen and oxygen atoms in total. The van der Waals surface area contributed by atoms with E-state index in [1.165, 1.54) is 0 Å². The van der Waals surface area contributed by atoms with Crippen LogP contribution < -0.4 is 4.90 Å². The first-order valence-electron chi connectivity index (χ1n) is 4.41. The molecule has 0 atom stereocenters. The number of rotatable bonds is 0. The fraction of sp³-hybridized carbons (Fsp3) is 0.200. The van der Waals surface area contributed by atoms with Crippen LogP contribution in [0.15, 0.2) is 23.1 Å². The first kappa shape index (κ1) is 8.05. The van der Waals surface area contributed by atoms with E-state index in [9.17, 15) is 9.59 Å². The molecule has 0 saturated heterocycles. The Kier molecular flexibility index (Phi) is 1.50. The number of anilines is 1. The lowest BCUT2D eigenvalue weighted by Crippen LogP contribution is -2.33. The maximum atomic E-state index is 11.5. The number of hydrogen-bond acceptors (Lipinski definition) is 3. The monoisotopic (exact) mass is 205 g/mol. The highest BCUT2D eigenvalue weighted by Crippen LogP contribution is 2.41. The van der Waals surface area contributed by atoms with Crippen LogP contribution in [0, 0.1) is 0 Å². The van der Waals surface area contributed by atoms with Gasteiger partial charge in [-0.15, -0.1) is 11.8 Å². The van der Waals surface area contributed by atoms with Crippen LogP contribution in [0.2, 0.25) is 0 Å². The lowest BCUT2D eigenvalue weighted by molar-refractivity contribution is -0.114. The van der Waals surface area contributed by atoms with E-state index in [4.69, 9.17) is 0 Å². The second kappa shape index (κ2) is 2.60. The first-order chi connectivity index (χ1) is 6.79. The molecule has 14 heavy (non-hydrogen) atoms. The summed E-state index contributed by atoms with van der Waals surface area (Å²) in [5.74, 6) is 0.146. The Morgan fingerprint density at radius 3 is 3.00 bits per heavy atom. The molecule has 0 unspecified atom stereocenters. The lowest BCUT2D eigenvalue weighted by atomic mass is 10.1. The summed E-state index contributed by atoms with van der Waals surface area (Å²) < 4.78 is 0. The van der Waals surface area contributed by atoms with E-state index in [0.717, 1.165) is 16.3 Å². The number of ketones is 1. The molecule has 0 fully saturated rings. The third kappa shape index (κ3) is 0.838. The maximum Gasteiger partial charge on any atom is 0.299 e. The molecule has 0 radical (unpaired) electrons. The van der Waals surface area contributed by atoms with Gasteiger partial charge in [0.25, 0.3) is 11.7 Å².